The highest BCUT2D eigenvalue weighted by atomic mass is 16.2. The Morgan fingerprint density at radius 2 is 1.65 bits per heavy atom. The number of carbonyl (C=O) groups excluding carboxylic acids is 1. The van der Waals surface area contributed by atoms with Crippen molar-refractivity contribution in [3.63, 3.8) is 0 Å². The van der Waals surface area contributed by atoms with Crippen LogP contribution in [-0.2, 0) is 20.1 Å². The first-order valence-corrected chi connectivity index (χ1v) is 7.60. The van der Waals surface area contributed by atoms with Crippen LogP contribution in [0.3, 0.4) is 0 Å². The van der Waals surface area contributed by atoms with Crippen LogP contribution in [0.15, 0.2) is 59.4 Å². The number of pyridine rings is 1. The number of aryl methyl sites for hydroxylation is 1. The van der Waals surface area contributed by atoms with E-state index in [-0.39, 0.29) is 11.3 Å². The average molecular weight is 304 g/mol. The Bertz CT molecular complexity index is 974. The number of para-hydroxylation sites is 1. The van der Waals surface area contributed by atoms with Gasteiger partial charge in [-0.05, 0) is 24.3 Å². The Kier molecular flexibility index (Phi) is 3.05. The van der Waals surface area contributed by atoms with Gasteiger partial charge in [0.2, 0.25) is 0 Å². The van der Waals surface area contributed by atoms with E-state index in [0.717, 1.165) is 16.8 Å². The summed E-state index contributed by atoms with van der Waals surface area (Å²) in [5, 5.41) is 0.711. The third-order valence-electron chi connectivity index (χ3n) is 4.53. The Labute approximate surface area is 133 Å². The zero-order chi connectivity index (χ0) is 16.0. The second-order valence-electron chi connectivity index (χ2n) is 5.86. The van der Waals surface area contributed by atoms with Gasteiger partial charge < -0.3 is 9.47 Å². The molecule has 1 aliphatic heterocycles. The summed E-state index contributed by atoms with van der Waals surface area (Å²) in [5.74, 6) is -0.0368. The maximum Gasteiger partial charge on any atom is 0.254 e. The number of nitrogens with zero attached hydrogens (tertiary/aromatic N) is 2. The summed E-state index contributed by atoms with van der Waals surface area (Å²) in [4.78, 5) is 27.1. The molecule has 1 amide bonds. The van der Waals surface area contributed by atoms with Gasteiger partial charge in [-0.15, -0.1) is 0 Å². The van der Waals surface area contributed by atoms with Gasteiger partial charge in [0.05, 0.1) is 18.6 Å². The van der Waals surface area contributed by atoms with Gasteiger partial charge in [-0.3, -0.25) is 9.59 Å². The van der Waals surface area contributed by atoms with Gasteiger partial charge in [0.25, 0.3) is 5.91 Å². The maximum absolute atomic E-state index is 12.7. The van der Waals surface area contributed by atoms with Crippen molar-refractivity contribution in [1.82, 2.24) is 9.47 Å². The van der Waals surface area contributed by atoms with Gasteiger partial charge in [-0.2, -0.15) is 0 Å². The lowest BCUT2D eigenvalue weighted by Crippen LogP contribution is -2.26. The molecule has 114 valence electrons. The van der Waals surface area contributed by atoms with Crippen LogP contribution < -0.4 is 5.43 Å². The summed E-state index contributed by atoms with van der Waals surface area (Å²) in [7, 11) is 1.96. The number of hydrogen-bond acceptors (Lipinski definition) is 2. The van der Waals surface area contributed by atoms with E-state index in [1.807, 2.05) is 54.1 Å². The van der Waals surface area contributed by atoms with E-state index in [1.54, 1.807) is 17.0 Å². The number of benzene rings is 2. The molecule has 3 aromatic rings. The first-order chi connectivity index (χ1) is 11.2. The van der Waals surface area contributed by atoms with Crippen molar-refractivity contribution < 1.29 is 4.79 Å². The van der Waals surface area contributed by atoms with Crippen LogP contribution in [-0.4, -0.2) is 15.4 Å². The lowest BCUT2D eigenvalue weighted by Gasteiger charge is -2.15. The Morgan fingerprint density at radius 3 is 2.43 bits per heavy atom. The van der Waals surface area contributed by atoms with Crippen LogP contribution >= 0.6 is 0 Å². The fourth-order valence-corrected chi connectivity index (χ4v) is 3.30. The molecule has 0 spiro atoms. The second-order valence-corrected chi connectivity index (χ2v) is 5.86. The molecule has 0 aliphatic carbocycles. The lowest BCUT2D eigenvalue weighted by atomic mass is 10.1. The number of amides is 1. The van der Waals surface area contributed by atoms with Crippen molar-refractivity contribution in [2.45, 2.75) is 13.1 Å². The van der Waals surface area contributed by atoms with Gasteiger partial charge >= 0.3 is 0 Å². The summed E-state index contributed by atoms with van der Waals surface area (Å²) in [6.45, 7) is 0.847. The van der Waals surface area contributed by atoms with E-state index in [0.29, 0.717) is 24.0 Å². The molecule has 0 atom stereocenters. The molecule has 23 heavy (non-hydrogen) atoms. The molecule has 0 bridgehead atoms. The Balaban J connectivity index is 1.80. The molecular formula is C19H16N2O2. The van der Waals surface area contributed by atoms with Gasteiger partial charge in [0, 0.05) is 29.3 Å². The fraction of sp³-hybridized carbons (Fsp3) is 0.158. The van der Waals surface area contributed by atoms with E-state index in [9.17, 15) is 9.59 Å². The topological polar surface area (TPSA) is 42.3 Å². The molecule has 1 aliphatic rings. The first kappa shape index (κ1) is 13.8. The summed E-state index contributed by atoms with van der Waals surface area (Å²) in [6, 6.07) is 16.8. The number of fused-ring (bicyclic) bond motifs is 2. The van der Waals surface area contributed by atoms with Gasteiger partial charge in [-0.25, -0.2) is 0 Å². The smallest absolute Gasteiger partial charge is 0.254 e. The van der Waals surface area contributed by atoms with Crippen molar-refractivity contribution >= 4 is 16.8 Å². The summed E-state index contributed by atoms with van der Waals surface area (Å²) in [6.07, 6.45) is 0. The Hall–Kier alpha value is -2.88. The van der Waals surface area contributed by atoms with Crippen molar-refractivity contribution in [3.05, 3.63) is 81.6 Å². The molecule has 0 saturated heterocycles. The van der Waals surface area contributed by atoms with E-state index in [4.69, 9.17) is 0 Å². The third kappa shape index (κ3) is 2.06. The quantitative estimate of drug-likeness (QED) is 0.693. The minimum absolute atomic E-state index is 0.0368. The van der Waals surface area contributed by atoms with E-state index >= 15 is 0 Å². The summed E-state index contributed by atoms with van der Waals surface area (Å²) < 4.78 is 2.03. The Morgan fingerprint density at radius 1 is 0.957 bits per heavy atom. The van der Waals surface area contributed by atoms with Gasteiger partial charge in [-0.1, -0.05) is 30.3 Å². The van der Waals surface area contributed by atoms with Crippen molar-refractivity contribution in [2.75, 3.05) is 0 Å². The summed E-state index contributed by atoms with van der Waals surface area (Å²) in [5.41, 5.74) is 3.26. The van der Waals surface area contributed by atoms with Crippen LogP contribution in [0.2, 0.25) is 0 Å². The van der Waals surface area contributed by atoms with Gasteiger partial charge in [0.15, 0.2) is 5.43 Å². The van der Waals surface area contributed by atoms with Crippen molar-refractivity contribution in [3.8, 4) is 0 Å². The lowest BCUT2D eigenvalue weighted by molar-refractivity contribution is 0.0749. The minimum atomic E-state index is -0.0368. The minimum Gasteiger partial charge on any atom is -0.346 e. The molecule has 0 N–H and O–H groups in total. The molecule has 4 nitrogen and oxygen atoms in total. The first-order valence-electron chi connectivity index (χ1n) is 7.60. The zero-order valence-electron chi connectivity index (χ0n) is 12.8. The van der Waals surface area contributed by atoms with Crippen molar-refractivity contribution in [1.29, 1.82) is 0 Å². The van der Waals surface area contributed by atoms with Gasteiger partial charge in [0.1, 0.15) is 0 Å². The van der Waals surface area contributed by atoms with Crippen LogP contribution in [0.1, 0.15) is 21.6 Å². The number of hydrogen-bond donors (Lipinski definition) is 0. The van der Waals surface area contributed by atoms with Crippen LogP contribution in [0, 0.1) is 0 Å². The SMILES string of the molecule is Cn1c2c(c(=O)c3ccccc31)CN(C(=O)c1ccccc1)C2. The predicted octanol–water partition coefficient (Wildman–Crippen LogP) is 2.69. The normalized spacial score (nSPS) is 13.3. The summed E-state index contributed by atoms with van der Waals surface area (Å²) >= 11 is 0. The predicted molar refractivity (Wildman–Crippen MR) is 89.2 cm³/mol. The largest absolute Gasteiger partial charge is 0.346 e. The molecule has 2 aromatic carbocycles. The molecule has 0 unspecified atom stereocenters. The van der Waals surface area contributed by atoms with E-state index in [1.165, 1.54) is 0 Å². The maximum atomic E-state index is 12.7. The zero-order valence-corrected chi connectivity index (χ0v) is 12.8. The van der Waals surface area contributed by atoms with Crippen molar-refractivity contribution in [2.24, 2.45) is 7.05 Å². The van der Waals surface area contributed by atoms with E-state index in [2.05, 4.69) is 0 Å². The number of rotatable bonds is 1. The number of carbonyl (C=O) groups is 1. The highest BCUT2D eigenvalue weighted by molar-refractivity contribution is 5.94. The highest BCUT2D eigenvalue weighted by Crippen LogP contribution is 2.25. The molecule has 0 radical (unpaired) electrons. The van der Waals surface area contributed by atoms with Crippen LogP contribution in [0.25, 0.3) is 10.9 Å². The molecule has 2 heterocycles. The fourth-order valence-electron chi connectivity index (χ4n) is 3.30. The molecule has 0 fully saturated rings. The third-order valence-corrected chi connectivity index (χ3v) is 4.53. The van der Waals surface area contributed by atoms with Crippen LogP contribution in [0.4, 0.5) is 0 Å². The standard InChI is InChI=1S/C19H16N2O2/c1-20-16-10-6-5-9-14(16)18(22)15-11-21(12-17(15)20)19(23)13-7-3-2-4-8-13/h2-10H,11-12H2,1H3. The molecule has 0 saturated carbocycles. The monoisotopic (exact) mass is 304 g/mol. The van der Waals surface area contributed by atoms with Crippen LogP contribution in [0.5, 0.6) is 0 Å². The average Bonchev–Trinajstić information content (AvgIpc) is 3.05. The molecule has 4 heteroatoms. The highest BCUT2D eigenvalue weighted by Gasteiger charge is 2.28. The molecular weight excluding hydrogens is 288 g/mol. The number of aromatic nitrogens is 1. The second kappa shape index (κ2) is 5.09. The molecule has 1 aromatic heterocycles. The molecule has 4 rings (SSSR count). The van der Waals surface area contributed by atoms with E-state index < -0.39 is 0 Å².